The van der Waals surface area contributed by atoms with Crippen molar-refractivity contribution in [3.8, 4) is 11.5 Å². The number of fused-ring (bicyclic) bond motifs is 1. The number of halogens is 1. The van der Waals surface area contributed by atoms with Crippen molar-refractivity contribution in [1.29, 1.82) is 0 Å². The van der Waals surface area contributed by atoms with Crippen LogP contribution in [0.4, 0.5) is 5.69 Å². The molecule has 0 saturated carbocycles. The van der Waals surface area contributed by atoms with Gasteiger partial charge in [-0.3, -0.25) is 9.59 Å². The van der Waals surface area contributed by atoms with E-state index >= 15 is 0 Å². The number of rotatable bonds is 4. The SMILES string of the molecule is O=C(Nc1cc2c(cc1Cl)OCO2)c1ccc(C(=O)c2ccccc2)cc1. The van der Waals surface area contributed by atoms with Gasteiger partial charge in [-0.15, -0.1) is 0 Å². The third-order valence-electron chi connectivity index (χ3n) is 4.16. The van der Waals surface area contributed by atoms with Crippen molar-refractivity contribution in [2.45, 2.75) is 0 Å². The molecule has 5 nitrogen and oxygen atoms in total. The lowest BCUT2D eigenvalue weighted by Crippen LogP contribution is -2.12. The molecule has 3 aromatic rings. The molecule has 0 unspecified atom stereocenters. The van der Waals surface area contributed by atoms with Crippen LogP contribution in [-0.4, -0.2) is 18.5 Å². The molecule has 1 aliphatic heterocycles. The quantitative estimate of drug-likeness (QED) is 0.675. The first-order valence-electron chi connectivity index (χ1n) is 8.22. The molecule has 6 heteroatoms. The largest absolute Gasteiger partial charge is 0.454 e. The summed E-state index contributed by atoms with van der Waals surface area (Å²) in [5.74, 6) is 0.635. The van der Waals surface area contributed by atoms with Crippen LogP contribution in [-0.2, 0) is 0 Å². The van der Waals surface area contributed by atoms with E-state index in [9.17, 15) is 9.59 Å². The first-order valence-corrected chi connectivity index (χ1v) is 8.60. The summed E-state index contributed by atoms with van der Waals surface area (Å²) in [6.07, 6.45) is 0. The second kappa shape index (κ2) is 7.13. The standard InChI is InChI=1S/C21H14ClNO4/c22-16-10-18-19(27-12-26-18)11-17(16)23-21(25)15-8-6-14(7-9-15)20(24)13-4-2-1-3-5-13/h1-11H,12H2,(H,23,25). The zero-order valence-corrected chi connectivity index (χ0v) is 14.8. The molecule has 134 valence electrons. The summed E-state index contributed by atoms with van der Waals surface area (Å²) in [5.41, 5.74) is 1.95. The van der Waals surface area contributed by atoms with Crippen LogP contribution in [0.1, 0.15) is 26.3 Å². The molecule has 0 saturated heterocycles. The highest BCUT2D eigenvalue weighted by atomic mass is 35.5. The second-order valence-electron chi connectivity index (χ2n) is 5.91. The minimum absolute atomic E-state index is 0.0960. The van der Waals surface area contributed by atoms with Crippen molar-refractivity contribution in [2.24, 2.45) is 0 Å². The van der Waals surface area contributed by atoms with Gasteiger partial charge in [0.25, 0.3) is 5.91 Å². The third kappa shape index (κ3) is 3.50. The fourth-order valence-corrected chi connectivity index (χ4v) is 2.94. The Balaban J connectivity index is 1.51. The fourth-order valence-electron chi connectivity index (χ4n) is 2.74. The summed E-state index contributed by atoms with van der Waals surface area (Å²) >= 11 is 6.18. The van der Waals surface area contributed by atoms with Crippen LogP contribution in [0.2, 0.25) is 5.02 Å². The van der Waals surface area contributed by atoms with Gasteiger partial charge in [-0.05, 0) is 12.1 Å². The van der Waals surface area contributed by atoms with Crippen LogP contribution in [0, 0.1) is 0 Å². The van der Waals surface area contributed by atoms with E-state index in [1.165, 1.54) is 0 Å². The number of benzene rings is 3. The smallest absolute Gasteiger partial charge is 0.255 e. The topological polar surface area (TPSA) is 64.6 Å². The van der Waals surface area contributed by atoms with Gasteiger partial charge in [-0.25, -0.2) is 0 Å². The molecule has 1 heterocycles. The number of amides is 1. The van der Waals surface area contributed by atoms with Crippen LogP contribution >= 0.6 is 11.6 Å². The van der Waals surface area contributed by atoms with Gasteiger partial charge in [0.2, 0.25) is 6.79 Å². The number of hydrogen-bond donors (Lipinski definition) is 1. The van der Waals surface area contributed by atoms with Gasteiger partial charge in [0.15, 0.2) is 17.3 Å². The van der Waals surface area contributed by atoms with E-state index in [2.05, 4.69) is 5.32 Å². The Morgan fingerprint density at radius 3 is 2.11 bits per heavy atom. The molecule has 1 aliphatic rings. The van der Waals surface area contributed by atoms with Gasteiger partial charge in [-0.2, -0.15) is 0 Å². The molecule has 0 atom stereocenters. The Morgan fingerprint density at radius 1 is 0.815 bits per heavy atom. The number of ketones is 1. The first kappa shape index (κ1) is 17.1. The molecule has 4 rings (SSSR count). The Hall–Kier alpha value is -3.31. The number of ether oxygens (including phenoxy) is 2. The predicted octanol–water partition coefficient (Wildman–Crippen LogP) is 4.55. The molecular weight excluding hydrogens is 366 g/mol. The van der Waals surface area contributed by atoms with E-state index in [4.69, 9.17) is 21.1 Å². The van der Waals surface area contributed by atoms with Crippen molar-refractivity contribution in [2.75, 3.05) is 12.1 Å². The number of carbonyl (C=O) groups excluding carboxylic acids is 2. The summed E-state index contributed by atoms with van der Waals surface area (Å²) in [4.78, 5) is 24.9. The average Bonchev–Trinajstić information content (AvgIpc) is 3.15. The molecule has 27 heavy (non-hydrogen) atoms. The van der Waals surface area contributed by atoms with Crippen molar-refractivity contribution in [1.82, 2.24) is 0 Å². The van der Waals surface area contributed by atoms with Crippen molar-refractivity contribution in [3.05, 3.63) is 88.4 Å². The van der Waals surface area contributed by atoms with E-state index in [0.29, 0.717) is 38.9 Å². The van der Waals surface area contributed by atoms with Crippen LogP contribution in [0.25, 0.3) is 0 Å². The van der Waals surface area contributed by atoms with Gasteiger partial charge in [0.1, 0.15) is 0 Å². The maximum atomic E-state index is 12.5. The van der Waals surface area contributed by atoms with Gasteiger partial charge in [0.05, 0.1) is 10.7 Å². The van der Waals surface area contributed by atoms with Crippen molar-refractivity contribution in [3.63, 3.8) is 0 Å². The summed E-state index contributed by atoms with van der Waals surface area (Å²) < 4.78 is 10.5. The fraction of sp³-hybridized carbons (Fsp3) is 0.0476. The van der Waals surface area contributed by atoms with Gasteiger partial charge in [0, 0.05) is 28.8 Å². The van der Waals surface area contributed by atoms with Crippen molar-refractivity contribution < 1.29 is 19.1 Å². The number of anilines is 1. The lowest BCUT2D eigenvalue weighted by atomic mass is 10.0. The lowest BCUT2D eigenvalue weighted by Gasteiger charge is -2.09. The van der Waals surface area contributed by atoms with Crippen molar-refractivity contribution >= 4 is 29.0 Å². The van der Waals surface area contributed by atoms with E-state index < -0.39 is 0 Å². The van der Waals surface area contributed by atoms with E-state index in [1.54, 1.807) is 48.5 Å². The van der Waals surface area contributed by atoms with Crippen LogP contribution < -0.4 is 14.8 Å². The highest BCUT2D eigenvalue weighted by molar-refractivity contribution is 6.34. The molecule has 0 spiro atoms. The highest BCUT2D eigenvalue weighted by Gasteiger charge is 2.18. The van der Waals surface area contributed by atoms with Gasteiger partial charge >= 0.3 is 0 Å². The van der Waals surface area contributed by atoms with E-state index in [0.717, 1.165) is 0 Å². The minimum Gasteiger partial charge on any atom is -0.454 e. The highest BCUT2D eigenvalue weighted by Crippen LogP contribution is 2.39. The molecule has 0 radical (unpaired) electrons. The molecule has 0 bridgehead atoms. The monoisotopic (exact) mass is 379 g/mol. The van der Waals surface area contributed by atoms with E-state index in [-0.39, 0.29) is 18.5 Å². The second-order valence-corrected chi connectivity index (χ2v) is 6.32. The maximum Gasteiger partial charge on any atom is 0.255 e. The predicted molar refractivity (Wildman–Crippen MR) is 102 cm³/mol. The molecule has 3 aromatic carbocycles. The maximum absolute atomic E-state index is 12.5. The summed E-state index contributed by atoms with van der Waals surface area (Å²) in [5, 5.41) is 3.10. The summed E-state index contributed by atoms with van der Waals surface area (Å²) in [7, 11) is 0. The third-order valence-corrected chi connectivity index (χ3v) is 4.47. The Morgan fingerprint density at radius 2 is 1.41 bits per heavy atom. The first-order chi connectivity index (χ1) is 13.1. The van der Waals surface area contributed by atoms with Crippen LogP contribution in [0.3, 0.4) is 0 Å². The Labute approximate surface area is 160 Å². The van der Waals surface area contributed by atoms with Crippen LogP contribution in [0.15, 0.2) is 66.7 Å². The molecular formula is C21H14ClNO4. The van der Waals surface area contributed by atoms with Gasteiger partial charge in [-0.1, -0.05) is 54.1 Å². The van der Waals surface area contributed by atoms with Crippen LogP contribution in [0.5, 0.6) is 11.5 Å². The molecule has 0 aliphatic carbocycles. The molecule has 0 aromatic heterocycles. The molecule has 1 N–H and O–H groups in total. The number of nitrogens with one attached hydrogen (secondary N) is 1. The Bertz CT molecular complexity index is 1020. The average molecular weight is 380 g/mol. The molecule has 1 amide bonds. The minimum atomic E-state index is -0.338. The number of carbonyl (C=O) groups is 2. The molecule has 0 fully saturated rings. The number of hydrogen-bond acceptors (Lipinski definition) is 4. The summed E-state index contributed by atoms with van der Waals surface area (Å²) in [6.45, 7) is 0.125. The van der Waals surface area contributed by atoms with E-state index in [1.807, 2.05) is 18.2 Å². The Kier molecular flexibility index (Phi) is 4.52. The lowest BCUT2D eigenvalue weighted by molar-refractivity contribution is 0.102. The van der Waals surface area contributed by atoms with Gasteiger partial charge < -0.3 is 14.8 Å². The zero-order chi connectivity index (χ0) is 18.8. The summed E-state index contributed by atoms with van der Waals surface area (Å²) in [6, 6.07) is 18.7. The zero-order valence-electron chi connectivity index (χ0n) is 14.1. The normalized spacial score (nSPS) is 11.9.